The predicted molar refractivity (Wildman–Crippen MR) is 111 cm³/mol. The van der Waals surface area contributed by atoms with Gasteiger partial charge < -0.3 is 15.5 Å². The molecule has 4 N–H and O–H groups in total. The van der Waals surface area contributed by atoms with Crippen LogP contribution in [-0.4, -0.2) is 16.7 Å². The molecule has 1 aromatic carbocycles. The van der Waals surface area contributed by atoms with Crippen LogP contribution in [0.2, 0.25) is 5.02 Å². The second kappa shape index (κ2) is 7.32. The summed E-state index contributed by atoms with van der Waals surface area (Å²) in [7, 11) is 0. The third-order valence-electron chi connectivity index (χ3n) is 4.40. The van der Waals surface area contributed by atoms with Crippen LogP contribution in [0.25, 0.3) is 0 Å². The Bertz CT molecular complexity index is 932. The van der Waals surface area contributed by atoms with Gasteiger partial charge in [-0.3, -0.25) is 10.2 Å². The van der Waals surface area contributed by atoms with Crippen molar-refractivity contribution >= 4 is 46.2 Å². The van der Waals surface area contributed by atoms with Crippen LogP contribution in [0, 0.1) is 12.3 Å². The Morgan fingerprint density at radius 2 is 1.96 bits per heavy atom. The molecule has 1 aliphatic carbocycles. The van der Waals surface area contributed by atoms with E-state index in [4.69, 9.17) is 34.0 Å². The minimum atomic E-state index is -0.316. The zero-order chi connectivity index (χ0) is 19.8. The lowest BCUT2D eigenvalue weighted by molar-refractivity contribution is 0.0993. The van der Waals surface area contributed by atoms with Gasteiger partial charge in [0.25, 0.3) is 5.91 Å². The van der Waals surface area contributed by atoms with Gasteiger partial charge in [0.15, 0.2) is 10.9 Å². The Labute approximate surface area is 168 Å². The summed E-state index contributed by atoms with van der Waals surface area (Å²) in [6, 6.07) is 6.90. The maximum absolute atomic E-state index is 12.7. The van der Waals surface area contributed by atoms with Gasteiger partial charge in [-0.1, -0.05) is 25.4 Å². The van der Waals surface area contributed by atoms with E-state index in [2.05, 4.69) is 29.7 Å². The van der Waals surface area contributed by atoms with Crippen molar-refractivity contribution in [3.05, 3.63) is 51.9 Å². The Hall–Kier alpha value is -2.38. The Balaban J connectivity index is 1.95. The number of fused-ring (bicyclic) bond motifs is 1. The first-order valence-corrected chi connectivity index (χ1v) is 9.26. The maximum atomic E-state index is 12.7. The van der Waals surface area contributed by atoms with Crippen molar-refractivity contribution in [2.24, 2.45) is 16.3 Å². The van der Waals surface area contributed by atoms with Crippen LogP contribution >= 0.6 is 23.8 Å². The summed E-state index contributed by atoms with van der Waals surface area (Å²) in [5.74, 6) is 0.702. The van der Waals surface area contributed by atoms with E-state index in [0.29, 0.717) is 23.6 Å². The lowest BCUT2D eigenvalue weighted by Gasteiger charge is -2.29. The number of anilines is 1. The molecule has 0 bridgehead atoms. The van der Waals surface area contributed by atoms with Crippen LogP contribution in [0.15, 0.2) is 33.8 Å². The molecule has 2 aromatic rings. The molecule has 0 saturated heterocycles. The smallest absolute Gasteiger partial charge is 0.291 e. The number of halogens is 1. The Morgan fingerprint density at radius 1 is 1.30 bits per heavy atom. The van der Waals surface area contributed by atoms with Crippen LogP contribution in [-0.2, 0) is 6.42 Å². The minimum absolute atomic E-state index is 0.0576. The molecule has 1 aromatic heterocycles. The highest BCUT2D eigenvalue weighted by Gasteiger charge is 2.36. The number of nitrogens with one attached hydrogen (secondary N) is 2. The molecule has 0 spiro atoms. The lowest BCUT2D eigenvalue weighted by atomic mass is 9.75. The molecule has 1 amide bonds. The largest absolute Gasteiger partial charge is 0.455 e. The lowest BCUT2D eigenvalue weighted by Crippen LogP contribution is -2.31. The van der Waals surface area contributed by atoms with E-state index >= 15 is 0 Å². The van der Waals surface area contributed by atoms with E-state index in [0.717, 1.165) is 22.6 Å². The molecular formula is C19H21ClN4O2S. The number of hydrazone groups is 1. The normalized spacial score (nSPS) is 16.7. The van der Waals surface area contributed by atoms with Crippen LogP contribution in [0.5, 0.6) is 0 Å². The number of furan rings is 1. The summed E-state index contributed by atoms with van der Waals surface area (Å²) >= 11 is 10.7. The number of thiocarbonyl (C=S) groups is 1. The van der Waals surface area contributed by atoms with Crippen LogP contribution in [0.3, 0.4) is 0 Å². The fraction of sp³-hybridized carbons (Fsp3) is 0.316. The van der Waals surface area contributed by atoms with Crippen molar-refractivity contribution in [1.29, 1.82) is 0 Å². The van der Waals surface area contributed by atoms with Crippen molar-refractivity contribution in [1.82, 2.24) is 5.43 Å². The molecule has 0 saturated carbocycles. The molecule has 1 heterocycles. The standard InChI is InChI=1S/C19H21ClN4O2S/c1-10-15-13(23-24-18(21)27)8-19(2,3)9-14(15)26-16(10)17(25)22-12-6-4-11(20)5-7-12/h4-7H,8-9H2,1-3H3,(H,22,25)(H3,21,24,27)/b23-13-. The fourth-order valence-corrected chi connectivity index (χ4v) is 3.44. The van der Waals surface area contributed by atoms with Gasteiger partial charge in [-0.2, -0.15) is 5.10 Å². The first-order valence-electron chi connectivity index (χ1n) is 8.48. The predicted octanol–water partition coefficient (Wildman–Crippen LogP) is 4.00. The summed E-state index contributed by atoms with van der Waals surface area (Å²) in [6.07, 6.45) is 1.43. The summed E-state index contributed by atoms with van der Waals surface area (Å²) in [5.41, 5.74) is 11.1. The van der Waals surface area contributed by atoms with Gasteiger partial charge in [-0.25, -0.2) is 0 Å². The van der Waals surface area contributed by atoms with Crippen molar-refractivity contribution < 1.29 is 9.21 Å². The average Bonchev–Trinajstić information content (AvgIpc) is 2.90. The van der Waals surface area contributed by atoms with Gasteiger partial charge in [-0.05, 0) is 55.2 Å². The molecular weight excluding hydrogens is 384 g/mol. The Kier molecular flexibility index (Phi) is 5.26. The van der Waals surface area contributed by atoms with Crippen LogP contribution in [0.1, 0.15) is 47.7 Å². The number of nitrogens with two attached hydrogens (primary N) is 1. The van der Waals surface area contributed by atoms with Crippen molar-refractivity contribution in [3.8, 4) is 0 Å². The molecule has 1 aliphatic rings. The molecule has 0 unspecified atom stereocenters. The monoisotopic (exact) mass is 404 g/mol. The van der Waals surface area contributed by atoms with Crippen LogP contribution < -0.4 is 16.5 Å². The molecule has 0 aliphatic heterocycles. The fourth-order valence-electron chi connectivity index (χ4n) is 3.27. The van der Waals surface area contributed by atoms with Gasteiger partial charge in [0.1, 0.15) is 5.76 Å². The molecule has 142 valence electrons. The number of rotatable bonds is 3. The van der Waals surface area contributed by atoms with Gasteiger partial charge in [0.2, 0.25) is 0 Å². The van der Waals surface area contributed by atoms with E-state index in [1.165, 1.54) is 0 Å². The Morgan fingerprint density at radius 3 is 2.59 bits per heavy atom. The second-order valence-corrected chi connectivity index (χ2v) is 8.24. The van der Waals surface area contributed by atoms with Crippen LogP contribution in [0.4, 0.5) is 5.69 Å². The van der Waals surface area contributed by atoms with E-state index in [1.807, 2.05) is 6.92 Å². The topological polar surface area (TPSA) is 92.6 Å². The number of amides is 1. The van der Waals surface area contributed by atoms with Gasteiger partial charge in [0, 0.05) is 28.3 Å². The number of carbonyl (C=O) groups excluding carboxylic acids is 1. The highest BCUT2D eigenvalue weighted by atomic mass is 35.5. The summed E-state index contributed by atoms with van der Waals surface area (Å²) in [5, 5.41) is 7.87. The zero-order valence-corrected chi connectivity index (χ0v) is 16.9. The first kappa shape index (κ1) is 19.4. The van der Waals surface area contributed by atoms with E-state index < -0.39 is 0 Å². The van der Waals surface area contributed by atoms with E-state index in [-0.39, 0.29) is 22.2 Å². The summed E-state index contributed by atoms with van der Waals surface area (Å²) in [4.78, 5) is 12.7. The van der Waals surface area contributed by atoms with Crippen molar-refractivity contribution in [3.63, 3.8) is 0 Å². The molecule has 8 heteroatoms. The summed E-state index contributed by atoms with van der Waals surface area (Å²) in [6.45, 7) is 6.10. The SMILES string of the molecule is Cc1c(C(=O)Nc2ccc(Cl)cc2)oc2c1/C(=N\NC(N)=S)CC(C)(C)C2. The average molecular weight is 405 g/mol. The second-order valence-electron chi connectivity index (χ2n) is 7.37. The third kappa shape index (κ3) is 4.31. The van der Waals surface area contributed by atoms with Crippen molar-refractivity contribution in [2.45, 2.75) is 33.6 Å². The quantitative estimate of drug-likeness (QED) is 0.531. The molecule has 0 fully saturated rings. The number of carbonyl (C=O) groups is 1. The number of nitrogens with zero attached hydrogens (tertiary/aromatic N) is 1. The van der Waals surface area contributed by atoms with E-state index in [9.17, 15) is 4.79 Å². The number of benzene rings is 1. The summed E-state index contributed by atoms with van der Waals surface area (Å²) < 4.78 is 5.96. The number of hydrogen-bond acceptors (Lipinski definition) is 4. The molecule has 0 atom stereocenters. The highest BCUT2D eigenvalue weighted by Crippen LogP contribution is 2.39. The van der Waals surface area contributed by atoms with Gasteiger partial charge in [0.05, 0.1) is 5.71 Å². The third-order valence-corrected chi connectivity index (χ3v) is 4.75. The number of hydrogen-bond donors (Lipinski definition) is 3. The molecule has 3 rings (SSSR count). The zero-order valence-electron chi connectivity index (χ0n) is 15.4. The van der Waals surface area contributed by atoms with Gasteiger partial charge >= 0.3 is 0 Å². The van der Waals surface area contributed by atoms with Crippen molar-refractivity contribution in [2.75, 3.05) is 5.32 Å². The highest BCUT2D eigenvalue weighted by molar-refractivity contribution is 7.80. The molecule has 27 heavy (non-hydrogen) atoms. The minimum Gasteiger partial charge on any atom is -0.455 e. The maximum Gasteiger partial charge on any atom is 0.291 e. The van der Waals surface area contributed by atoms with Gasteiger partial charge in [-0.15, -0.1) is 0 Å². The first-order chi connectivity index (χ1) is 12.7. The molecule has 0 radical (unpaired) electrons. The van der Waals surface area contributed by atoms with E-state index in [1.54, 1.807) is 24.3 Å². The molecule has 6 nitrogen and oxygen atoms in total.